The Morgan fingerprint density at radius 1 is 1.31 bits per heavy atom. The fourth-order valence-electron chi connectivity index (χ4n) is 2.26. The van der Waals surface area contributed by atoms with Crippen LogP contribution >= 0.6 is 0 Å². The first-order valence-electron chi connectivity index (χ1n) is 5.70. The summed E-state index contributed by atoms with van der Waals surface area (Å²) in [7, 11) is 0. The molecule has 0 N–H and O–H groups in total. The van der Waals surface area contributed by atoms with E-state index in [9.17, 15) is 4.79 Å². The van der Waals surface area contributed by atoms with E-state index in [4.69, 9.17) is 0 Å². The highest BCUT2D eigenvalue weighted by atomic mass is 16.1. The van der Waals surface area contributed by atoms with E-state index in [0.717, 1.165) is 12.1 Å². The van der Waals surface area contributed by atoms with Crippen molar-refractivity contribution in [2.45, 2.75) is 33.7 Å². The van der Waals surface area contributed by atoms with Gasteiger partial charge >= 0.3 is 0 Å². The summed E-state index contributed by atoms with van der Waals surface area (Å²) in [5, 5.41) is 1.26. The summed E-state index contributed by atoms with van der Waals surface area (Å²) in [4.78, 5) is 11.1. The highest BCUT2D eigenvalue weighted by Gasteiger charge is 2.05. The average Bonchev–Trinajstić information content (AvgIpc) is 2.52. The van der Waals surface area contributed by atoms with Gasteiger partial charge in [0.15, 0.2) is 0 Å². The molecule has 0 saturated carbocycles. The average molecular weight is 215 g/mol. The van der Waals surface area contributed by atoms with E-state index in [1.165, 1.54) is 16.6 Å². The minimum atomic E-state index is 0.214. The van der Waals surface area contributed by atoms with Crippen LogP contribution in [-0.4, -0.2) is 10.4 Å². The first-order chi connectivity index (χ1) is 7.61. The molecule has 0 spiro atoms. The number of carbonyl (C=O) groups is 1. The van der Waals surface area contributed by atoms with Crippen molar-refractivity contribution in [3.63, 3.8) is 0 Å². The number of rotatable bonds is 3. The van der Waals surface area contributed by atoms with E-state index in [0.29, 0.717) is 6.42 Å². The van der Waals surface area contributed by atoms with Crippen molar-refractivity contribution in [3.8, 4) is 0 Å². The van der Waals surface area contributed by atoms with Crippen molar-refractivity contribution < 1.29 is 4.79 Å². The summed E-state index contributed by atoms with van der Waals surface area (Å²) in [6.07, 6.45) is 0.532. The molecule has 1 heterocycles. The van der Waals surface area contributed by atoms with Crippen molar-refractivity contribution >= 4 is 16.7 Å². The lowest BCUT2D eigenvalue weighted by atomic mass is 10.1. The molecule has 2 rings (SSSR count). The molecule has 0 aliphatic carbocycles. The molecule has 0 radical (unpaired) electrons. The zero-order chi connectivity index (χ0) is 11.7. The molecule has 0 unspecified atom stereocenters. The molecule has 1 aromatic heterocycles. The lowest BCUT2D eigenvalue weighted by Crippen LogP contribution is -1.98. The summed E-state index contributed by atoms with van der Waals surface area (Å²) < 4.78 is 2.28. The minimum Gasteiger partial charge on any atom is -0.345 e. The third kappa shape index (κ3) is 1.87. The Morgan fingerprint density at radius 3 is 2.69 bits per heavy atom. The van der Waals surface area contributed by atoms with E-state index < -0.39 is 0 Å². The maximum Gasteiger partial charge on any atom is 0.134 e. The lowest BCUT2D eigenvalue weighted by Gasteiger charge is -2.05. The van der Waals surface area contributed by atoms with Crippen LogP contribution < -0.4 is 0 Å². The van der Waals surface area contributed by atoms with Crippen molar-refractivity contribution in [1.82, 2.24) is 4.57 Å². The Labute approximate surface area is 95.9 Å². The smallest absolute Gasteiger partial charge is 0.134 e. The number of fused-ring (bicyclic) bond motifs is 1. The number of aryl methyl sites for hydroxylation is 2. The quantitative estimate of drug-likeness (QED) is 0.771. The highest BCUT2D eigenvalue weighted by Crippen LogP contribution is 2.21. The van der Waals surface area contributed by atoms with Crippen LogP contribution in [0, 0.1) is 6.92 Å². The lowest BCUT2D eigenvalue weighted by molar-refractivity contribution is -0.116. The first kappa shape index (κ1) is 10.9. The van der Waals surface area contributed by atoms with Crippen molar-refractivity contribution in [3.05, 3.63) is 35.5 Å². The van der Waals surface area contributed by atoms with Gasteiger partial charge in [0.2, 0.25) is 0 Å². The van der Waals surface area contributed by atoms with Crippen LogP contribution in [0.3, 0.4) is 0 Å². The van der Waals surface area contributed by atoms with Crippen LogP contribution in [0.25, 0.3) is 10.9 Å². The van der Waals surface area contributed by atoms with Crippen molar-refractivity contribution in [2.24, 2.45) is 0 Å². The van der Waals surface area contributed by atoms with Crippen LogP contribution in [0.15, 0.2) is 24.3 Å². The zero-order valence-electron chi connectivity index (χ0n) is 10.1. The number of hydrogen-bond acceptors (Lipinski definition) is 1. The summed E-state index contributed by atoms with van der Waals surface area (Å²) in [6, 6.07) is 8.47. The van der Waals surface area contributed by atoms with E-state index in [2.05, 4.69) is 36.6 Å². The molecule has 0 aliphatic rings. The molecule has 0 amide bonds. The second-order valence-corrected chi connectivity index (χ2v) is 4.30. The van der Waals surface area contributed by atoms with Gasteiger partial charge in [-0.3, -0.25) is 4.79 Å². The second-order valence-electron chi connectivity index (χ2n) is 4.30. The Bertz CT molecular complexity index is 537. The van der Waals surface area contributed by atoms with Gasteiger partial charge in [0.05, 0.1) is 0 Å². The molecule has 2 heteroatoms. The van der Waals surface area contributed by atoms with E-state index in [1.807, 2.05) is 6.07 Å². The summed E-state index contributed by atoms with van der Waals surface area (Å²) >= 11 is 0. The third-order valence-corrected chi connectivity index (χ3v) is 2.95. The summed E-state index contributed by atoms with van der Waals surface area (Å²) in [5.41, 5.74) is 3.61. The Hall–Kier alpha value is -1.57. The zero-order valence-corrected chi connectivity index (χ0v) is 10.1. The fourth-order valence-corrected chi connectivity index (χ4v) is 2.26. The number of benzene rings is 1. The van der Waals surface area contributed by atoms with Crippen LogP contribution in [0.4, 0.5) is 0 Å². The third-order valence-electron chi connectivity index (χ3n) is 2.95. The van der Waals surface area contributed by atoms with Crippen LogP contribution in [0.1, 0.15) is 25.1 Å². The largest absolute Gasteiger partial charge is 0.345 e. The standard InChI is InChI=1S/C14H17NO/c1-4-15-10(2)7-13-6-5-12(8-11(3)16)9-14(13)15/h5-7,9H,4,8H2,1-3H3. The SMILES string of the molecule is CCn1c(C)cc2ccc(CC(C)=O)cc21. The van der Waals surface area contributed by atoms with E-state index in [-0.39, 0.29) is 5.78 Å². The van der Waals surface area contributed by atoms with Crippen LogP contribution in [0.2, 0.25) is 0 Å². The molecule has 0 atom stereocenters. The Kier molecular flexibility index (Phi) is 2.82. The van der Waals surface area contributed by atoms with Gasteiger partial charge in [0, 0.05) is 24.2 Å². The highest BCUT2D eigenvalue weighted by molar-refractivity contribution is 5.84. The number of aromatic nitrogens is 1. The Balaban J connectivity index is 2.54. The molecule has 2 aromatic rings. The number of nitrogens with zero attached hydrogens (tertiary/aromatic N) is 1. The predicted octanol–water partition coefficient (Wildman–Crippen LogP) is 3.10. The molecule has 0 aliphatic heterocycles. The monoisotopic (exact) mass is 215 g/mol. The molecule has 0 bridgehead atoms. The number of carbonyl (C=O) groups excluding carboxylic acids is 1. The van der Waals surface area contributed by atoms with E-state index >= 15 is 0 Å². The number of hydrogen-bond donors (Lipinski definition) is 0. The van der Waals surface area contributed by atoms with Crippen molar-refractivity contribution in [1.29, 1.82) is 0 Å². The van der Waals surface area contributed by atoms with E-state index in [1.54, 1.807) is 6.92 Å². The predicted molar refractivity (Wildman–Crippen MR) is 66.7 cm³/mol. The topological polar surface area (TPSA) is 22.0 Å². The van der Waals surface area contributed by atoms with Gasteiger partial charge in [0.1, 0.15) is 5.78 Å². The van der Waals surface area contributed by atoms with Gasteiger partial charge in [0.25, 0.3) is 0 Å². The number of Topliss-reactive ketones (excluding diaryl/α,β-unsaturated/α-hetero) is 1. The van der Waals surface area contributed by atoms with Crippen LogP contribution in [-0.2, 0) is 17.8 Å². The minimum absolute atomic E-state index is 0.214. The Morgan fingerprint density at radius 2 is 2.06 bits per heavy atom. The summed E-state index contributed by atoms with van der Waals surface area (Å²) in [6.45, 7) is 6.87. The molecule has 1 aromatic carbocycles. The normalized spacial score (nSPS) is 10.9. The maximum absolute atomic E-state index is 11.1. The van der Waals surface area contributed by atoms with Gasteiger partial charge in [-0.25, -0.2) is 0 Å². The van der Waals surface area contributed by atoms with Gasteiger partial charge in [-0.1, -0.05) is 12.1 Å². The van der Waals surface area contributed by atoms with Crippen molar-refractivity contribution in [2.75, 3.05) is 0 Å². The molecule has 16 heavy (non-hydrogen) atoms. The number of ketones is 1. The second kappa shape index (κ2) is 4.12. The van der Waals surface area contributed by atoms with Gasteiger partial charge < -0.3 is 4.57 Å². The summed E-state index contributed by atoms with van der Waals surface area (Å²) in [5.74, 6) is 0.214. The fraction of sp³-hybridized carbons (Fsp3) is 0.357. The molecular weight excluding hydrogens is 198 g/mol. The molecule has 0 fully saturated rings. The van der Waals surface area contributed by atoms with Crippen LogP contribution in [0.5, 0.6) is 0 Å². The molecule has 0 saturated heterocycles. The first-order valence-corrected chi connectivity index (χ1v) is 5.70. The van der Waals surface area contributed by atoms with Gasteiger partial charge in [-0.05, 0) is 43.9 Å². The maximum atomic E-state index is 11.1. The molecule has 2 nitrogen and oxygen atoms in total. The van der Waals surface area contributed by atoms with Gasteiger partial charge in [-0.15, -0.1) is 0 Å². The molecule has 84 valence electrons. The van der Waals surface area contributed by atoms with Gasteiger partial charge in [-0.2, -0.15) is 0 Å². The molecular formula is C14H17NO.